The molecule has 19 heavy (non-hydrogen) atoms. The third kappa shape index (κ3) is 4.73. The fraction of sp³-hybridized carbons (Fsp3) is 0.467. The Hall–Kier alpha value is -0.680. The number of hydrogen-bond donors (Lipinski definition) is 2. The summed E-state index contributed by atoms with van der Waals surface area (Å²) in [5, 5.41) is 20.0. The number of rotatable bonds is 7. The number of aliphatic hydroxyl groups is 1. The molecule has 2 nitrogen and oxygen atoms in total. The molecule has 3 unspecified atom stereocenters. The Bertz CT molecular complexity index is 452. The molecule has 0 saturated carbocycles. The van der Waals surface area contributed by atoms with Crippen LogP contribution in [0.15, 0.2) is 34.3 Å². The smallest absolute Gasteiger partial charge is 0.0896 e. The van der Waals surface area contributed by atoms with Gasteiger partial charge in [0.1, 0.15) is 0 Å². The summed E-state index contributed by atoms with van der Waals surface area (Å²) < 4.78 is 0. The van der Waals surface area contributed by atoms with E-state index in [1.165, 1.54) is 5.56 Å². The highest BCUT2D eigenvalue weighted by Gasteiger charge is 2.15. The predicted molar refractivity (Wildman–Crippen MR) is 84.0 cm³/mol. The first kappa shape index (κ1) is 14.7. The fourth-order valence-corrected chi connectivity index (χ4v) is 3.71. The lowest BCUT2D eigenvalue weighted by molar-refractivity contribution is 0.155. The average Bonchev–Trinajstić information content (AvgIpc) is 3.00. The molecule has 0 bridgehead atoms. The second kappa shape index (κ2) is 7.20. The monoisotopic (exact) mass is 295 g/mol. The largest absolute Gasteiger partial charge is 0.388 e. The second-order valence-electron chi connectivity index (χ2n) is 5.07. The Balaban J connectivity index is 1.76. The van der Waals surface area contributed by atoms with Gasteiger partial charge in [0.15, 0.2) is 0 Å². The summed E-state index contributed by atoms with van der Waals surface area (Å²) in [6.45, 7) is 4.34. The Labute approximate surface area is 123 Å². The van der Waals surface area contributed by atoms with Gasteiger partial charge in [0, 0.05) is 17.0 Å². The van der Waals surface area contributed by atoms with Crippen molar-refractivity contribution in [2.45, 2.75) is 44.9 Å². The summed E-state index contributed by atoms with van der Waals surface area (Å²) in [5.74, 6) is 0. The molecule has 0 radical (unpaired) electrons. The number of aliphatic hydroxyl groups excluding tert-OH is 1. The lowest BCUT2D eigenvalue weighted by atomic mass is 10.1. The topological polar surface area (TPSA) is 32.3 Å². The van der Waals surface area contributed by atoms with Crippen LogP contribution in [0.2, 0.25) is 0 Å². The highest BCUT2D eigenvalue weighted by atomic mass is 32.1. The summed E-state index contributed by atoms with van der Waals surface area (Å²) in [6, 6.07) is 6.90. The van der Waals surface area contributed by atoms with Gasteiger partial charge in [0.2, 0.25) is 0 Å². The predicted octanol–water partition coefficient (Wildman–Crippen LogP) is 3.84. The zero-order chi connectivity index (χ0) is 13.7. The second-order valence-corrected chi connectivity index (χ2v) is 6.83. The van der Waals surface area contributed by atoms with Crippen LogP contribution >= 0.6 is 22.7 Å². The van der Waals surface area contributed by atoms with E-state index in [4.69, 9.17) is 0 Å². The van der Waals surface area contributed by atoms with Crippen molar-refractivity contribution in [1.82, 2.24) is 5.32 Å². The van der Waals surface area contributed by atoms with Gasteiger partial charge in [-0.2, -0.15) is 11.3 Å². The highest BCUT2D eigenvalue weighted by molar-refractivity contribution is 7.10. The van der Waals surface area contributed by atoms with Crippen LogP contribution in [0.1, 0.15) is 36.8 Å². The van der Waals surface area contributed by atoms with E-state index in [-0.39, 0.29) is 6.10 Å². The molecular formula is C15H21NOS2. The average molecular weight is 295 g/mol. The molecule has 3 atom stereocenters. The minimum absolute atomic E-state index is 0.311. The zero-order valence-corrected chi connectivity index (χ0v) is 13.0. The molecular weight excluding hydrogens is 274 g/mol. The molecule has 2 heterocycles. The van der Waals surface area contributed by atoms with Gasteiger partial charge in [-0.1, -0.05) is 6.07 Å². The van der Waals surface area contributed by atoms with Crippen molar-refractivity contribution >= 4 is 22.7 Å². The van der Waals surface area contributed by atoms with Gasteiger partial charge >= 0.3 is 0 Å². The molecule has 2 aromatic rings. The van der Waals surface area contributed by atoms with Crippen LogP contribution in [0.5, 0.6) is 0 Å². The summed E-state index contributed by atoms with van der Waals surface area (Å²) in [5.41, 5.74) is 1.39. The lowest BCUT2D eigenvalue weighted by Gasteiger charge is -2.21. The third-order valence-electron chi connectivity index (χ3n) is 3.14. The number of hydrogen-bond acceptors (Lipinski definition) is 4. The number of nitrogens with one attached hydrogen (secondary N) is 1. The summed E-state index contributed by atoms with van der Waals surface area (Å²) in [7, 11) is 0. The van der Waals surface area contributed by atoms with Crippen LogP contribution < -0.4 is 5.32 Å². The molecule has 0 spiro atoms. The summed E-state index contributed by atoms with van der Waals surface area (Å²) in [6.07, 6.45) is 1.45. The Morgan fingerprint density at radius 1 is 1.21 bits per heavy atom. The van der Waals surface area contributed by atoms with Crippen LogP contribution in [0.3, 0.4) is 0 Å². The molecule has 2 N–H and O–H groups in total. The van der Waals surface area contributed by atoms with E-state index in [1.54, 1.807) is 22.7 Å². The summed E-state index contributed by atoms with van der Waals surface area (Å²) >= 11 is 3.36. The van der Waals surface area contributed by atoms with Crippen molar-refractivity contribution in [2.75, 3.05) is 0 Å². The van der Waals surface area contributed by atoms with Gasteiger partial charge in [-0.15, -0.1) is 11.3 Å². The lowest BCUT2D eigenvalue weighted by Crippen LogP contribution is -2.36. The molecule has 2 rings (SSSR count). The summed E-state index contributed by atoms with van der Waals surface area (Å²) in [4.78, 5) is 1.05. The first-order valence-electron chi connectivity index (χ1n) is 6.63. The van der Waals surface area contributed by atoms with Crippen LogP contribution in [0.4, 0.5) is 0 Å². The highest BCUT2D eigenvalue weighted by Crippen LogP contribution is 2.23. The SMILES string of the molecule is CC(Cc1ccsc1)NC(C)CC(O)c1cccs1. The van der Waals surface area contributed by atoms with Crippen molar-refractivity contribution in [1.29, 1.82) is 0 Å². The van der Waals surface area contributed by atoms with Crippen LogP contribution in [0, 0.1) is 0 Å². The molecule has 0 aromatic carbocycles. The molecule has 0 amide bonds. The van der Waals surface area contributed by atoms with Crippen LogP contribution in [-0.2, 0) is 6.42 Å². The molecule has 104 valence electrons. The molecule has 4 heteroatoms. The molecule has 0 aliphatic carbocycles. The Kier molecular flexibility index (Phi) is 5.58. The van der Waals surface area contributed by atoms with Gasteiger partial charge in [0.05, 0.1) is 6.10 Å². The van der Waals surface area contributed by atoms with Crippen molar-refractivity contribution in [3.63, 3.8) is 0 Å². The molecule has 0 aliphatic heterocycles. The quantitative estimate of drug-likeness (QED) is 0.813. The molecule has 0 fully saturated rings. The van der Waals surface area contributed by atoms with Crippen molar-refractivity contribution in [3.05, 3.63) is 44.8 Å². The van der Waals surface area contributed by atoms with E-state index < -0.39 is 0 Å². The third-order valence-corrected chi connectivity index (χ3v) is 4.85. The van der Waals surface area contributed by atoms with Crippen molar-refractivity contribution in [3.8, 4) is 0 Å². The maximum atomic E-state index is 10.1. The van der Waals surface area contributed by atoms with Gasteiger partial charge < -0.3 is 10.4 Å². The van der Waals surface area contributed by atoms with Gasteiger partial charge in [-0.3, -0.25) is 0 Å². The van der Waals surface area contributed by atoms with Crippen molar-refractivity contribution in [2.24, 2.45) is 0 Å². The van der Waals surface area contributed by atoms with Gasteiger partial charge in [-0.25, -0.2) is 0 Å². The maximum absolute atomic E-state index is 10.1. The standard InChI is InChI=1S/C15H21NOS2/c1-11(8-13-5-7-18-10-13)16-12(2)9-14(17)15-4-3-6-19-15/h3-7,10-12,14,16-17H,8-9H2,1-2H3. The first-order chi connectivity index (χ1) is 9.15. The minimum atomic E-state index is -0.351. The van der Waals surface area contributed by atoms with Gasteiger partial charge in [-0.05, 0) is 60.5 Å². The number of thiophene rings is 2. The van der Waals surface area contributed by atoms with E-state index in [0.717, 1.165) is 17.7 Å². The molecule has 2 aromatic heterocycles. The fourth-order valence-electron chi connectivity index (χ4n) is 2.31. The van der Waals surface area contributed by atoms with E-state index >= 15 is 0 Å². The van der Waals surface area contributed by atoms with Crippen molar-refractivity contribution < 1.29 is 5.11 Å². The minimum Gasteiger partial charge on any atom is -0.388 e. The molecule has 0 aliphatic rings. The van der Waals surface area contributed by atoms with E-state index in [1.807, 2.05) is 17.5 Å². The van der Waals surface area contributed by atoms with Gasteiger partial charge in [0.25, 0.3) is 0 Å². The Morgan fingerprint density at radius 2 is 2.05 bits per heavy atom. The molecule has 0 saturated heterocycles. The van der Waals surface area contributed by atoms with E-state index in [2.05, 4.69) is 36.0 Å². The first-order valence-corrected chi connectivity index (χ1v) is 8.46. The van der Waals surface area contributed by atoms with Crippen LogP contribution in [-0.4, -0.2) is 17.2 Å². The van der Waals surface area contributed by atoms with Crippen LogP contribution in [0.25, 0.3) is 0 Å². The normalized spacial score (nSPS) is 16.2. The Morgan fingerprint density at radius 3 is 2.68 bits per heavy atom. The van der Waals surface area contributed by atoms with E-state index in [0.29, 0.717) is 12.1 Å². The zero-order valence-electron chi connectivity index (χ0n) is 11.4. The van der Waals surface area contributed by atoms with E-state index in [9.17, 15) is 5.11 Å². The maximum Gasteiger partial charge on any atom is 0.0896 e.